The van der Waals surface area contributed by atoms with Crippen molar-refractivity contribution < 1.29 is 9.53 Å². The van der Waals surface area contributed by atoms with Crippen LogP contribution < -0.4 is 11.1 Å². The lowest BCUT2D eigenvalue weighted by Gasteiger charge is -2.29. The lowest BCUT2D eigenvalue weighted by molar-refractivity contribution is -0.124. The molecule has 15 heavy (non-hydrogen) atoms. The Labute approximate surface area is 91.5 Å². The van der Waals surface area contributed by atoms with E-state index in [-0.39, 0.29) is 24.0 Å². The first-order valence-electron chi connectivity index (χ1n) is 5.68. The fraction of sp³-hybridized carbons (Fsp3) is 0.909. The Morgan fingerprint density at radius 3 is 2.73 bits per heavy atom. The third-order valence-corrected chi connectivity index (χ3v) is 2.85. The van der Waals surface area contributed by atoms with E-state index in [1.165, 1.54) is 0 Å². The fourth-order valence-electron chi connectivity index (χ4n) is 1.73. The third-order valence-electron chi connectivity index (χ3n) is 2.85. The molecule has 3 N–H and O–H groups in total. The number of hydrogen-bond acceptors (Lipinski definition) is 3. The summed E-state index contributed by atoms with van der Waals surface area (Å²) in [5.41, 5.74) is 5.77. The highest BCUT2D eigenvalue weighted by molar-refractivity contribution is 5.82. The Hall–Kier alpha value is -0.610. The summed E-state index contributed by atoms with van der Waals surface area (Å²) in [6.45, 7) is 6.66. The van der Waals surface area contributed by atoms with Crippen molar-refractivity contribution in [3.8, 4) is 0 Å². The van der Waals surface area contributed by atoms with Crippen LogP contribution in [-0.2, 0) is 9.53 Å². The van der Waals surface area contributed by atoms with Gasteiger partial charge in [0, 0.05) is 12.6 Å². The molecule has 1 saturated heterocycles. The summed E-state index contributed by atoms with van der Waals surface area (Å²) in [6, 6.07) is -0.172. The van der Waals surface area contributed by atoms with Gasteiger partial charge in [-0.25, -0.2) is 0 Å². The second-order valence-corrected chi connectivity index (χ2v) is 4.68. The maximum absolute atomic E-state index is 11.7. The largest absolute Gasteiger partial charge is 0.378 e. The van der Waals surface area contributed by atoms with Crippen molar-refractivity contribution in [3.63, 3.8) is 0 Å². The van der Waals surface area contributed by atoms with Crippen molar-refractivity contribution >= 4 is 5.91 Å². The van der Waals surface area contributed by atoms with Crippen LogP contribution in [-0.4, -0.2) is 30.7 Å². The zero-order chi connectivity index (χ0) is 11.4. The summed E-state index contributed by atoms with van der Waals surface area (Å²) in [5, 5.41) is 2.99. The number of amides is 1. The predicted molar refractivity (Wildman–Crippen MR) is 59.4 cm³/mol. The van der Waals surface area contributed by atoms with Gasteiger partial charge in [0.15, 0.2) is 0 Å². The first-order chi connectivity index (χ1) is 7.00. The monoisotopic (exact) mass is 214 g/mol. The highest BCUT2D eigenvalue weighted by atomic mass is 16.5. The summed E-state index contributed by atoms with van der Waals surface area (Å²) < 4.78 is 5.41. The molecule has 3 atom stereocenters. The third kappa shape index (κ3) is 3.80. The van der Waals surface area contributed by atoms with Crippen molar-refractivity contribution in [1.82, 2.24) is 5.32 Å². The van der Waals surface area contributed by atoms with Gasteiger partial charge in [-0.3, -0.25) is 4.79 Å². The Bertz CT molecular complexity index is 219. The Kier molecular flexibility index (Phi) is 4.54. The molecule has 0 aliphatic carbocycles. The topological polar surface area (TPSA) is 64.4 Å². The van der Waals surface area contributed by atoms with Gasteiger partial charge in [-0.05, 0) is 25.7 Å². The Morgan fingerprint density at radius 2 is 2.20 bits per heavy atom. The van der Waals surface area contributed by atoms with E-state index in [0.717, 1.165) is 19.4 Å². The number of nitrogens with two attached hydrogens (primary N) is 1. The predicted octanol–water partition coefficient (Wildman–Crippen LogP) is 0.653. The fourth-order valence-corrected chi connectivity index (χ4v) is 1.73. The van der Waals surface area contributed by atoms with Crippen LogP contribution in [0.1, 0.15) is 33.6 Å². The molecule has 4 nitrogen and oxygen atoms in total. The van der Waals surface area contributed by atoms with Gasteiger partial charge in [-0.2, -0.15) is 0 Å². The molecule has 0 bridgehead atoms. The van der Waals surface area contributed by atoms with E-state index in [0.29, 0.717) is 0 Å². The second-order valence-electron chi connectivity index (χ2n) is 4.68. The first kappa shape index (κ1) is 12.5. The number of ether oxygens (including phenoxy) is 1. The zero-order valence-electron chi connectivity index (χ0n) is 9.82. The van der Waals surface area contributed by atoms with Gasteiger partial charge < -0.3 is 15.8 Å². The molecule has 0 aromatic carbocycles. The van der Waals surface area contributed by atoms with E-state index >= 15 is 0 Å². The van der Waals surface area contributed by atoms with Crippen molar-refractivity contribution in [2.75, 3.05) is 6.61 Å². The first-order valence-corrected chi connectivity index (χ1v) is 5.68. The Balaban J connectivity index is 2.37. The molecule has 1 heterocycles. The summed E-state index contributed by atoms with van der Waals surface area (Å²) >= 11 is 0. The van der Waals surface area contributed by atoms with Crippen LogP contribution in [0.2, 0.25) is 0 Å². The minimum Gasteiger partial charge on any atom is -0.378 e. The molecule has 0 aromatic rings. The van der Waals surface area contributed by atoms with E-state index in [1.807, 2.05) is 20.8 Å². The van der Waals surface area contributed by atoms with E-state index in [9.17, 15) is 4.79 Å². The summed E-state index contributed by atoms with van der Waals surface area (Å²) in [6.07, 6.45) is 2.01. The van der Waals surface area contributed by atoms with Crippen molar-refractivity contribution in [1.29, 1.82) is 0 Å². The molecule has 0 spiro atoms. The normalized spacial score (nSPS) is 28.9. The van der Waals surface area contributed by atoms with Crippen molar-refractivity contribution in [2.24, 2.45) is 11.7 Å². The van der Waals surface area contributed by atoms with Gasteiger partial charge in [0.25, 0.3) is 0 Å². The van der Waals surface area contributed by atoms with Crippen LogP contribution in [0.25, 0.3) is 0 Å². The standard InChI is InChI=1S/C11H22N2O2/c1-7(2)10(12)11(14)13-9-4-5-15-8(3)6-9/h7-10H,4-6,12H2,1-3H3,(H,13,14). The van der Waals surface area contributed by atoms with Gasteiger partial charge in [-0.1, -0.05) is 13.8 Å². The van der Waals surface area contributed by atoms with E-state index in [2.05, 4.69) is 5.32 Å². The smallest absolute Gasteiger partial charge is 0.237 e. The van der Waals surface area contributed by atoms with Crippen LogP contribution in [0.4, 0.5) is 0 Å². The van der Waals surface area contributed by atoms with E-state index in [4.69, 9.17) is 10.5 Å². The summed E-state index contributed by atoms with van der Waals surface area (Å²) in [4.78, 5) is 11.7. The SMILES string of the molecule is CC1CC(NC(=O)C(N)C(C)C)CCO1. The molecular weight excluding hydrogens is 192 g/mol. The van der Waals surface area contributed by atoms with Gasteiger partial charge in [0.05, 0.1) is 12.1 Å². The van der Waals surface area contributed by atoms with Crippen LogP contribution >= 0.6 is 0 Å². The molecule has 3 unspecified atom stereocenters. The lowest BCUT2D eigenvalue weighted by atomic mass is 10.0. The van der Waals surface area contributed by atoms with Crippen LogP contribution in [0.3, 0.4) is 0 Å². The molecule has 1 amide bonds. The van der Waals surface area contributed by atoms with Gasteiger partial charge >= 0.3 is 0 Å². The number of nitrogens with one attached hydrogen (secondary N) is 1. The van der Waals surface area contributed by atoms with Crippen LogP contribution in [0.5, 0.6) is 0 Å². The molecule has 1 rings (SSSR count). The maximum atomic E-state index is 11.7. The van der Waals surface area contributed by atoms with E-state index in [1.54, 1.807) is 0 Å². The zero-order valence-corrected chi connectivity index (χ0v) is 9.82. The van der Waals surface area contributed by atoms with Crippen molar-refractivity contribution in [2.45, 2.75) is 51.8 Å². The lowest BCUT2D eigenvalue weighted by Crippen LogP contribution is -2.50. The van der Waals surface area contributed by atoms with Gasteiger partial charge in [0.1, 0.15) is 0 Å². The highest BCUT2D eigenvalue weighted by Crippen LogP contribution is 2.13. The Morgan fingerprint density at radius 1 is 1.53 bits per heavy atom. The maximum Gasteiger partial charge on any atom is 0.237 e. The molecule has 1 aliphatic rings. The molecule has 0 saturated carbocycles. The summed E-state index contributed by atoms with van der Waals surface area (Å²) in [7, 11) is 0. The minimum absolute atomic E-state index is 0.0379. The number of rotatable bonds is 3. The summed E-state index contributed by atoms with van der Waals surface area (Å²) in [5.74, 6) is 0.145. The van der Waals surface area contributed by atoms with E-state index < -0.39 is 6.04 Å². The molecule has 0 radical (unpaired) electrons. The molecule has 88 valence electrons. The minimum atomic E-state index is -0.400. The molecule has 1 aliphatic heterocycles. The van der Waals surface area contributed by atoms with Crippen molar-refractivity contribution in [3.05, 3.63) is 0 Å². The van der Waals surface area contributed by atoms with Crippen LogP contribution in [0, 0.1) is 5.92 Å². The van der Waals surface area contributed by atoms with Gasteiger partial charge in [-0.15, -0.1) is 0 Å². The number of carbonyl (C=O) groups is 1. The molecule has 4 heteroatoms. The number of hydrogen-bond donors (Lipinski definition) is 2. The number of carbonyl (C=O) groups excluding carboxylic acids is 1. The van der Waals surface area contributed by atoms with Gasteiger partial charge in [0.2, 0.25) is 5.91 Å². The second kappa shape index (κ2) is 5.47. The average molecular weight is 214 g/mol. The molecular formula is C11H22N2O2. The quantitative estimate of drug-likeness (QED) is 0.725. The molecule has 0 aromatic heterocycles. The highest BCUT2D eigenvalue weighted by Gasteiger charge is 2.24. The van der Waals surface area contributed by atoms with Crippen LogP contribution in [0.15, 0.2) is 0 Å². The molecule has 1 fully saturated rings. The average Bonchev–Trinajstić information content (AvgIpc) is 2.16.